The van der Waals surface area contributed by atoms with E-state index in [4.69, 9.17) is 5.26 Å². The quantitative estimate of drug-likeness (QED) is 0.878. The zero-order chi connectivity index (χ0) is 15.9. The van der Waals surface area contributed by atoms with Gasteiger partial charge < -0.3 is 10.2 Å². The van der Waals surface area contributed by atoms with Gasteiger partial charge in [-0.15, -0.1) is 0 Å². The Morgan fingerprint density at radius 2 is 2.27 bits per heavy atom. The predicted octanol–water partition coefficient (Wildman–Crippen LogP) is 2.66. The van der Waals surface area contributed by atoms with Crippen molar-refractivity contribution < 1.29 is 4.79 Å². The highest BCUT2D eigenvalue weighted by Gasteiger charge is 2.21. The van der Waals surface area contributed by atoms with Crippen LogP contribution < -0.4 is 5.32 Å². The minimum Gasteiger partial charge on any atom is -0.341 e. The first-order chi connectivity index (χ1) is 10.7. The molecule has 4 heteroatoms. The summed E-state index contributed by atoms with van der Waals surface area (Å²) in [6.45, 7) is 5.30. The van der Waals surface area contributed by atoms with Crippen LogP contribution in [0.25, 0.3) is 0 Å². The molecule has 0 bridgehead atoms. The van der Waals surface area contributed by atoms with Gasteiger partial charge in [-0.25, -0.2) is 0 Å². The molecule has 1 amide bonds. The number of nitrogens with zero attached hydrogens (tertiary/aromatic N) is 2. The van der Waals surface area contributed by atoms with E-state index < -0.39 is 0 Å². The maximum Gasteiger partial charge on any atom is 0.236 e. The van der Waals surface area contributed by atoms with Gasteiger partial charge in [-0.2, -0.15) is 5.26 Å². The Morgan fingerprint density at radius 3 is 3.00 bits per heavy atom. The zero-order valence-corrected chi connectivity index (χ0v) is 13.5. The summed E-state index contributed by atoms with van der Waals surface area (Å²) in [6, 6.07) is 10.9. The molecular weight excluding hydrogens is 274 g/mol. The molecule has 0 spiro atoms. The standard InChI is InChI=1S/C18H25N3O/c1-3-21(13-14(2)11-19)18(22)12-20-17-10-6-8-15-7-4-5-9-16(15)17/h4-5,7,9,14,17,20H,3,6,8,10,12-13H2,1-2H3/t14-,17-/m0/s1. The number of carbonyl (C=O) groups is 1. The summed E-state index contributed by atoms with van der Waals surface area (Å²) in [5, 5.41) is 12.3. The molecule has 1 aliphatic rings. The fourth-order valence-corrected chi connectivity index (χ4v) is 3.07. The summed E-state index contributed by atoms with van der Waals surface area (Å²) < 4.78 is 0. The average molecular weight is 299 g/mol. The van der Waals surface area contributed by atoms with Gasteiger partial charge in [-0.3, -0.25) is 4.79 Å². The molecule has 0 unspecified atom stereocenters. The summed E-state index contributed by atoms with van der Waals surface area (Å²) in [7, 11) is 0. The Labute approximate surface area is 133 Å². The number of carbonyl (C=O) groups excluding carboxylic acids is 1. The number of likely N-dealkylation sites (N-methyl/N-ethyl adjacent to an activating group) is 1. The van der Waals surface area contributed by atoms with Gasteiger partial charge in [0.1, 0.15) is 0 Å². The lowest BCUT2D eigenvalue weighted by molar-refractivity contribution is -0.130. The summed E-state index contributed by atoms with van der Waals surface area (Å²) in [6.07, 6.45) is 3.36. The number of fused-ring (bicyclic) bond motifs is 1. The van der Waals surface area contributed by atoms with E-state index in [1.165, 1.54) is 11.1 Å². The minimum atomic E-state index is -0.126. The lowest BCUT2D eigenvalue weighted by Crippen LogP contribution is -2.41. The Bertz CT molecular complexity index is 550. The monoisotopic (exact) mass is 299 g/mol. The molecule has 0 aromatic heterocycles. The highest BCUT2D eigenvalue weighted by molar-refractivity contribution is 5.78. The van der Waals surface area contributed by atoms with Crippen molar-refractivity contribution in [1.82, 2.24) is 10.2 Å². The van der Waals surface area contributed by atoms with Crippen LogP contribution in [0, 0.1) is 17.2 Å². The van der Waals surface area contributed by atoms with Gasteiger partial charge in [0.15, 0.2) is 0 Å². The summed E-state index contributed by atoms with van der Waals surface area (Å²) in [5.41, 5.74) is 2.72. The molecule has 2 atom stereocenters. The first kappa shape index (κ1) is 16.5. The highest BCUT2D eigenvalue weighted by atomic mass is 16.2. The van der Waals surface area contributed by atoms with Crippen molar-refractivity contribution in [3.05, 3.63) is 35.4 Å². The highest BCUT2D eigenvalue weighted by Crippen LogP contribution is 2.29. The summed E-state index contributed by atoms with van der Waals surface area (Å²) >= 11 is 0. The first-order valence-corrected chi connectivity index (χ1v) is 8.14. The van der Waals surface area contributed by atoms with Gasteiger partial charge in [0.25, 0.3) is 0 Å². The van der Waals surface area contributed by atoms with Crippen molar-refractivity contribution in [2.45, 2.75) is 39.2 Å². The molecule has 0 heterocycles. The minimum absolute atomic E-state index is 0.0765. The van der Waals surface area contributed by atoms with Crippen molar-refractivity contribution >= 4 is 5.91 Å². The van der Waals surface area contributed by atoms with Gasteiger partial charge in [0.05, 0.1) is 18.5 Å². The van der Waals surface area contributed by atoms with E-state index in [2.05, 4.69) is 35.7 Å². The van der Waals surface area contributed by atoms with Crippen molar-refractivity contribution in [3.8, 4) is 6.07 Å². The normalized spacial score (nSPS) is 18.1. The summed E-state index contributed by atoms with van der Waals surface area (Å²) in [4.78, 5) is 14.1. The molecule has 0 radical (unpaired) electrons. The molecule has 118 valence electrons. The third kappa shape index (κ3) is 4.08. The molecule has 22 heavy (non-hydrogen) atoms. The van der Waals surface area contributed by atoms with Crippen molar-refractivity contribution in [3.63, 3.8) is 0 Å². The number of nitrogens with one attached hydrogen (secondary N) is 1. The number of amides is 1. The van der Waals surface area contributed by atoms with Gasteiger partial charge in [0, 0.05) is 19.1 Å². The van der Waals surface area contributed by atoms with Crippen molar-refractivity contribution in [1.29, 1.82) is 5.26 Å². The van der Waals surface area contributed by atoms with Crippen LogP contribution in [0.2, 0.25) is 0 Å². The van der Waals surface area contributed by atoms with Gasteiger partial charge >= 0.3 is 0 Å². The maximum absolute atomic E-state index is 12.3. The lowest BCUT2D eigenvalue weighted by atomic mass is 9.88. The Kier molecular flexibility index (Phi) is 5.97. The van der Waals surface area contributed by atoms with Crippen LogP contribution >= 0.6 is 0 Å². The van der Waals surface area contributed by atoms with E-state index >= 15 is 0 Å². The number of hydrogen-bond donors (Lipinski definition) is 1. The molecule has 1 N–H and O–H groups in total. The second-order valence-corrected chi connectivity index (χ2v) is 5.99. The molecule has 2 rings (SSSR count). The Hall–Kier alpha value is -1.86. The fraction of sp³-hybridized carbons (Fsp3) is 0.556. The largest absolute Gasteiger partial charge is 0.341 e. The molecule has 0 saturated heterocycles. The van der Waals surface area contributed by atoms with Crippen LogP contribution in [-0.2, 0) is 11.2 Å². The van der Waals surface area contributed by atoms with Crippen LogP contribution in [0.1, 0.15) is 43.9 Å². The second kappa shape index (κ2) is 7.95. The lowest BCUT2D eigenvalue weighted by Gasteiger charge is -2.28. The van der Waals surface area contributed by atoms with E-state index in [1.54, 1.807) is 4.90 Å². The van der Waals surface area contributed by atoms with Crippen molar-refractivity contribution in [2.24, 2.45) is 5.92 Å². The van der Waals surface area contributed by atoms with Crippen LogP contribution in [0.4, 0.5) is 0 Å². The van der Waals surface area contributed by atoms with Gasteiger partial charge in [-0.1, -0.05) is 24.3 Å². The van der Waals surface area contributed by atoms with Gasteiger partial charge in [0.2, 0.25) is 5.91 Å². The zero-order valence-electron chi connectivity index (χ0n) is 13.5. The smallest absolute Gasteiger partial charge is 0.236 e. The molecule has 1 aliphatic carbocycles. The van der Waals surface area contributed by atoms with E-state index in [1.807, 2.05) is 13.8 Å². The van der Waals surface area contributed by atoms with E-state index in [0.717, 1.165) is 19.3 Å². The van der Waals surface area contributed by atoms with Crippen LogP contribution in [-0.4, -0.2) is 30.4 Å². The van der Waals surface area contributed by atoms with E-state index in [-0.39, 0.29) is 17.9 Å². The number of nitriles is 1. The summed E-state index contributed by atoms with van der Waals surface area (Å²) in [5.74, 6) is -0.0491. The van der Waals surface area contributed by atoms with E-state index in [9.17, 15) is 4.79 Å². The molecular formula is C18H25N3O. The SMILES string of the molecule is CCN(C[C@@H](C)C#N)C(=O)CN[C@H]1CCCc2ccccc21. The van der Waals surface area contributed by atoms with Crippen LogP contribution in [0.3, 0.4) is 0 Å². The third-order valence-corrected chi connectivity index (χ3v) is 4.32. The second-order valence-electron chi connectivity index (χ2n) is 5.99. The maximum atomic E-state index is 12.3. The predicted molar refractivity (Wildman–Crippen MR) is 87.2 cm³/mol. The number of rotatable bonds is 6. The number of aryl methyl sites for hydroxylation is 1. The van der Waals surface area contributed by atoms with Gasteiger partial charge in [-0.05, 0) is 44.2 Å². The average Bonchev–Trinajstić information content (AvgIpc) is 2.57. The molecule has 1 aromatic carbocycles. The Morgan fingerprint density at radius 1 is 1.50 bits per heavy atom. The molecule has 1 aromatic rings. The van der Waals surface area contributed by atoms with Crippen LogP contribution in [0.15, 0.2) is 24.3 Å². The first-order valence-electron chi connectivity index (χ1n) is 8.14. The van der Waals surface area contributed by atoms with Crippen molar-refractivity contribution in [2.75, 3.05) is 19.6 Å². The third-order valence-electron chi connectivity index (χ3n) is 4.32. The van der Waals surface area contributed by atoms with E-state index in [0.29, 0.717) is 19.6 Å². The topological polar surface area (TPSA) is 56.1 Å². The number of hydrogen-bond acceptors (Lipinski definition) is 3. The number of benzene rings is 1. The van der Waals surface area contributed by atoms with Crippen LogP contribution in [0.5, 0.6) is 0 Å². The molecule has 0 saturated carbocycles. The molecule has 0 aliphatic heterocycles. The molecule has 0 fully saturated rings. The Balaban J connectivity index is 1.93. The fourth-order valence-electron chi connectivity index (χ4n) is 3.07. The molecule has 4 nitrogen and oxygen atoms in total.